The van der Waals surface area contributed by atoms with Crippen molar-refractivity contribution in [2.75, 3.05) is 4.90 Å². The van der Waals surface area contributed by atoms with E-state index >= 15 is 0 Å². The number of anilines is 1. The maximum atomic E-state index is 13.9. The summed E-state index contributed by atoms with van der Waals surface area (Å²) in [5.41, 5.74) is 1.08. The van der Waals surface area contributed by atoms with Gasteiger partial charge in [-0.05, 0) is 56.2 Å². The average molecular weight is 520 g/mol. The van der Waals surface area contributed by atoms with Gasteiger partial charge in [0.25, 0.3) is 5.91 Å². The first-order chi connectivity index (χ1) is 16.5. The molecular formula is C24H29N3O6S2. The molecule has 1 atom stereocenters. The molecule has 1 unspecified atom stereocenters. The first-order valence-electron chi connectivity index (χ1n) is 11.6. The molecule has 2 aromatic carbocycles. The van der Waals surface area contributed by atoms with Crippen molar-refractivity contribution in [2.24, 2.45) is 5.14 Å². The zero-order valence-corrected chi connectivity index (χ0v) is 21.1. The number of rotatable bonds is 6. The van der Waals surface area contributed by atoms with Crippen LogP contribution in [-0.4, -0.2) is 45.0 Å². The van der Waals surface area contributed by atoms with E-state index in [1.807, 2.05) is 6.92 Å². The number of primary sulfonamides is 1. The summed E-state index contributed by atoms with van der Waals surface area (Å²) in [5.74, 6) is -1.18. The molecule has 0 aromatic heterocycles. The highest BCUT2D eigenvalue weighted by molar-refractivity contribution is 7.89. The molecule has 2 aliphatic rings. The van der Waals surface area contributed by atoms with Crippen LogP contribution in [0.5, 0.6) is 0 Å². The van der Waals surface area contributed by atoms with Crippen LogP contribution < -0.4 is 10.0 Å². The van der Waals surface area contributed by atoms with Crippen molar-refractivity contribution in [2.45, 2.75) is 73.7 Å². The number of imide groups is 1. The van der Waals surface area contributed by atoms with Crippen molar-refractivity contribution in [1.29, 1.82) is 0 Å². The highest BCUT2D eigenvalue weighted by atomic mass is 32.2. The molecule has 0 radical (unpaired) electrons. The highest BCUT2D eigenvalue weighted by Gasteiger charge is 2.49. The Balaban J connectivity index is 1.72. The Hall–Kier alpha value is -2.60. The second-order valence-corrected chi connectivity index (χ2v) is 12.5. The molecule has 9 nitrogen and oxygen atoms in total. The fourth-order valence-corrected chi connectivity index (χ4v) is 7.18. The Morgan fingerprint density at radius 1 is 0.829 bits per heavy atom. The van der Waals surface area contributed by atoms with Crippen LogP contribution in [-0.2, 0) is 29.6 Å². The molecule has 1 aliphatic carbocycles. The smallest absolute Gasteiger partial charge is 0.252 e. The third-order valence-corrected chi connectivity index (χ3v) is 9.54. The van der Waals surface area contributed by atoms with E-state index in [1.165, 1.54) is 40.7 Å². The van der Waals surface area contributed by atoms with Gasteiger partial charge in [0.05, 0.1) is 21.9 Å². The van der Waals surface area contributed by atoms with Gasteiger partial charge < -0.3 is 0 Å². The summed E-state index contributed by atoms with van der Waals surface area (Å²) in [6.45, 7) is 1.86. The van der Waals surface area contributed by atoms with E-state index in [4.69, 9.17) is 5.14 Å². The molecule has 11 heteroatoms. The Bertz CT molecular complexity index is 1310. The lowest BCUT2D eigenvalue weighted by atomic mass is 10.1. The maximum Gasteiger partial charge on any atom is 0.252 e. The van der Waals surface area contributed by atoms with Crippen molar-refractivity contribution >= 4 is 37.5 Å². The molecule has 2 fully saturated rings. The summed E-state index contributed by atoms with van der Waals surface area (Å²) in [4.78, 5) is 27.4. The Kier molecular flexibility index (Phi) is 7.14. The van der Waals surface area contributed by atoms with Gasteiger partial charge in [0.2, 0.25) is 26.0 Å². The molecule has 1 saturated carbocycles. The summed E-state index contributed by atoms with van der Waals surface area (Å²) >= 11 is 0. The minimum atomic E-state index is -4.07. The lowest BCUT2D eigenvalue weighted by molar-refractivity contribution is -0.122. The number of nitrogens with zero attached hydrogens (tertiary/aromatic N) is 2. The molecule has 35 heavy (non-hydrogen) atoms. The summed E-state index contributed by atoms with van der Waals surface area (Å²) < 4.78 is 52.1. The Morgan fingerprint density at radius 3 is 1.91 bits per heavy atom. The number of carbonyl (C=O) groups is 2. The SMILES string of the molecule is Cc1ccc(S(=O)(=O)N(C2CCCCCC2)C2CC(=O)N(c3ccc(S(N)(=O)=O)cc3)C2=O)cc1. The van der Waals surface area contributed by atoms with E-state index in [-0.39, 0.29) is 21.9 Å². The molecule has 1 heterocycles. The van der Waals surface area contributed by atoms with Crippen LogP contribution in [0.15, 0.2) is 58.3 Å². The standard InChI is InChI=1S/C24H29N3O6S2/c1-17-8-12-21(13-9-17)35(32,33)27(19-6-4-2-3-5-7-19)22-16-23(28)26(24(22)29)18-10-14-20(15-11-18)34(25,30)31/h8-15,19,22H,2-7,16H2,1H3,(H2,25,30,31). The van der Waals surface area contributed by atoms with Gasteiger partial charge in [-0.2, -0.15) is 4.31 Å². The molecule has 4 rings (SSSR count). The molecule has 0 spiro atoms. The monoisotopic (exact) mass is 519 g/mol. The number of hydrogen-bond acceptors (Lipinski definition) is 6. The van der Waals surface area contributed by atoms with Crippen LogP contribution in [0.4, 0.5) is 5.69 Å². The van der Waals surface area contributed by atoms with Crippen LogP contribution in [0.3, 0.4) is 0 Å². The topological polar surface area (TPSA) is 135 Å². The quantitative estimate of drug-likeness (QED) is 0.461. The molecule has 1 saturated heterocycles. The predicted octanol–water partition coefficient (Wildman–Crippen LogP) is 2.69. The van der Waals surface area contributed by atoms with Crippen molar-refractivity contribution in [1.82, 2.24) is 4.31 Å². The number of sulfonamides is 2. The summed E-state index contributed by atoms with van der Waals surface area (Å²) in [6, 6.07) is 9.97. The molecular weight excluding hydrogens is 490 g/mol. The lowest BCUT2D eigenvalue weighted by Crippen LogP contribution is -2.50. The molecule has 1 aliphatic heterocycles. The summed E-state index contributed by atoms with van der Waals surface area (Å²) in [5, 5.41) is 5.14. The third kappa shape index (κ3) is 5.18. The minimum Gasteiger partial charge on any atom is -0.274 e. The zero-order valence-electron chi connectivity index (χ0n) is 19.5. The van der Waals surface area contributed by atoms with Gasteiger partial charge in [-0.15, -0.1) is 0 Å². The average Bonchev–Trinajstić information content (AvgIpc) is 2.96. The van der Waals surface area contributed by atoms with E-state index in [9.17, 15) is 26.4 Å². The van der Waals surface area contributed by atoms with Crippen LogP contribution in [0.1, 0.15) is 50.5 Å². The normalized spacial score (nSPS) is 20.4. The maximum absolute atomic E-state index is 13.9. The number of carbonyl (C=O) groups excluding carboxylic acids is 2. The fraction of sp³-hybridized carbons (Fsp3) is 0.417. The molecule has 2 aromatic rings. The van der Waals surface area contributed by atoms with Crippen LogP contribution in [0.2, 0.25) is 0 Å². The van der Waals surface area contributed by atoms with Gasteiger partial charge in [0, 0.05) is 6.04 Å². The Morgan fingerprint density at radius 2 is 1.37 bits per heavy atom. The Labute approximate surface area is 206 Å². The fourth-order valence-electron chi connectivity index (χ4n) is 4.83. The van der Waals surface area contributed by atoms with E-state index in [1.54, 1.807) is 12.1 Å². The van der Waals surface area contributed by atoms with E-state index in [2.05, 4.69) is 0 Å². The number of amides is 2. The third-order valence-electron chi connectivity index (χ3n) is 6.63. The number of hydrogen-bond donors (Lipinski definition) is 1. The molecule has 2 amide bonds. The number of benzene rings is 2. The van der Waals surface area contributed by atoms with Crippen LogP contribution >= 0.6 is 0 Å². The van der Waals surface area contributed by atoms with Gasteiger partial charge in [-0.3, -0.25) is 9.59 Å². The second-order valence-electron chi connectivity index (χ2n) is 9.12. The van der Waals surface area contributed by atoms with Gasteiger partial charge in [0.1, 0.15) is 6.04 Å². The minimum absolute atomic E-state index is 0.0866. The van der Waals surface area contributed by atoms with Crippen molar-refractivity contribution < 1.29 is 26.4 Å². The second kappa shape index (κ2) is 9.81. The van der Waals surface area contributed by atoms with Gasteiger partial charge in [0.15, 0.2) is 0 Å². The van der Waals surface area contributed by atoms with Crippen LogP contribution in [0.25, 0.3) is 0 Å². The lowest BCUT2D eigenvalue weighted by Gasteiger charge is -2.33. The van der Waals surface area contributed by atoms with Gasteiger partial charge in [-0.25, -0.2) is 26.9 Å². The first kappa shape index (κ1) is 25.5. The summed E-state index contributed by atoms with van der Waals surface area (Å²) in [6.07, 6.45) is 4.63. The zero-order chi connectivity index (χ0) is 25.4. The van der Waals surface area contributed by atoms with Crippen molar-refractivity contribution in [3.05, 3.63) is 54.1 Å². The van der Waals surface area contributed by atoms with Crippen molar-refractivity contribution in [3.8, 4) is 0 Å². The molecule has 2 N–H and O–H groups in total. The largest absolute Gasteiger partial charge is 0.274 e. The summed E-state index contributed by atoms with van der Waals surface area (Å²) in [7, 11) is -8.01. The highest BCUT2D eigenvalue weighted by Crippen LogP contribution is 2.35. The van der Waals surface area contributed by atoms with E-state index in [0.29, 0.717) is 12.8 Å². The van der Waals surface area contributed by atoms with Crippen LogP contribution in [0, 0.1) is 6.92 Å². The van der Waals surface area contributed by atoms with Gasteiger partial charge in [-0.1, -0.05) is 43.4 Å². The molecule has 188 valence electrons. The number of aryl methyl sites for hydroxylation is 1. The predicted molar refractivity (Wildman–Crippen MR) is 130 cm³/mol. The molecule has 0 bridgehead atoms. The van der Waals surface area contributed by atoms with E-state index < -0.39 is 43.9 Å². The van der Waals surface area contributed by atoms with Gasteiger partial charge >= 0.3 is 0 Å². The number of nitrogens with two attached hydrogens (primary N) is 1. The van der Waals surface area contributed by atoms with Crippen molar-refractivity contribution in [3.63, 3.8) is 0 Å². The first-order valence-corrected chi connectivity index (χ1v) is 14.6. The van der Waals surface area contributed by atoms with E-state index in [0.717, 1.165) is 36.1 Å².